The maximum Gasteiger partial charge on any atom is 0.329 e. The van der Waals surface area contributed by atoms with E-state index in [1.807, 2.05) is 32.9 Å². The van der Waals surface area contributed by atoms with Crippen LogP contribution in [0.15, 0.2) is 23.3 Å². The van der Waals surface area contributed by atoms with Gasteiger partial charge in [0, 0.05) is 52.0 Å². The molecule has 56 heavy (non-hydrogen) atoms. The number of aliphatic hydroxyl groups is 2. The Hall–Kier alpha value is -2.19. The number of cyclic esters (lactones) is 1. The zero-order valence-corrected chi connectivity index (χ0v) is 35.8. The van der Waals surface area contributed by atoms with Crippen molar-refractivity contribution in [2.45, 2.75) is 166 Å². The molecule has 2 N–H and O–H groups in total. The van der Waals surface area contributed by atoms with E-state index in [1.54, 1.807) is 28.1 Å². The molecule has 2 bridgehead atoms. The molecule has 3 heterocycles. The number of hydrogen-bond acceptors (Lipinski definition) is 11. The van der Waals surface area contributed by atoms with Crippen LogP contribution >= 0.6 is 11.6 Å². The Kier molecular flexibility index (Phi) is 17.2. The minimum atomic E-state index is -2.49. The summed E-state index contributed by atoms with van der Waals surface area (Å²) in [5, 5.41) is 23.6. The molecule has 0 radical (unpaired) electrons. The number of amides is 1. The van der Waals surface area contributed by atoms with Crippen molar-refractivity contribution in [1.29, 1.82) is 0 Å². The van der Waals surface area contributed by atoms with Gasteiger partial charge in [0.15, 0.2) is 0 Å². The molecule has 4 rings (SSSR count). The van der Waals surface area contributed by atoms with Gasteiger partial charge in [0.2, 0.25) is 5.79 Å². The lowest BCUT2D eigenvalue weighted by molar-refractivity contribution is -0.302. The van der Waals surface area contributed by atoms with Crippen LogP contribution in [-0.2, 0) is 42.9 Å². The van der Waals surface area contributed by atoms with Gasteiger partial charge in [0.1, 0.15) is 24.0 Å². The second kappa shape index (κ2) is 20.7. The van der Waals surface area contributed by atoms with Crippen molar-refractivity contribution in [2.24, 2.45) is 29.6 Å². The van der Waals surface area contributed by atoms with E-state index in [4.69, 9.17) is 35.3 Å². The van der Waals surface area contributed by atoms with Gasteiger partial charge in [0.05, 0.1) is 29.8 Å². The average Bonchev–Trinajstić information content (AvgIpc) is 3.18. The zero-order chi connectivity index (χ0) is 41.5. The predicted molar refractivity (Wildman–Crippen MR) is 212 cm³/mol. The van der Waals surface area contributed by atoms with Crippen molar-refractivity contribution in [1.82, 2.24) is 4.90 Å². The van der Waals surface area contributed by atoms with Crippen LogP contribution < -0.4 is 0 Å². The van der Waals surface area contributed by atoms with E-state index in [-0.39, 0.29) is 54.9 Å². The average molecular weight is 810 g/mol. The highest BCUT2D eigenvalue weighted by Crippen LogP contribution is 2.39. The molecule has 3 aliphatic heterocycles. The molecule has 4 aliphatic rings. The van der Waals surface area contributed by atoms with Crippen molar-refractivity contribution in [3.05, 3.63) is 23.3 Å². The van der Waals surface area contributed by atoms with Gasteiger partial charge in [-0.3, -0.25) is 14.4 Å². The number of allylic oxidation sites excluding steroid dienone is 3. The largest absolute Gasteiger partial charge is 0.460 e. The second-order valence-electron chi connectivity index (χ2n) is 17.1. The number of piperidine rings is 1. The number of nitrogens with zero attached hydrogens (tertiary/aromatic N) is 1. The van der Waals surface area contributed by atoms with Gasteiger partial charge >= 0.3 is 5.97 Å². The Labute approximate surface area is 339 Å². The molecule has 0 aromatic rings. The van der Waals surface area contributed by atoms with E-state index in [1.165, 1.54) is 12.0 Å². The fraction of sp³-hybridized carbons (Fsp3) is 0.814. The Morgan fingerprint density at radius 1 is 1.00 bits per heavy atom. The fourth-order valence-electron chi connectivity index (χ4n) is 9.33. The Bertz CT molecular complexity index is 1440. The summed E-state index contributed by atoms with van der Waals surface area (Å²) in [5.74, 6) is -7.35. The minimum absolute atomic E-state index is 0.0446. The monoisotopic (exact) mass is 809 g/mol. The van der Waals surface area contributed by atoms with E-state index >= 15 is 0 Å². The number of carbonyl (C=O) groups is 4. The molecule has 1 saturated carbocycles. The highest BCUT2D eigenvalue weighted by Gasteiger charge is 2.56. The van der Waals surface area contributed by atoms with Crippen LogP contribution in [0, 0.1) is 29.6 Å². The quantitative estimate of drug-likeness (QED) is 0.134. The number of Topliss-reactive ketones (excluding diaryl/α,β-unsaturated/α-hetero) is 2. The van der Waals surface area contributed by atoms with Gasteiger partial charge < -0.3 is 38.8 Å². The second-order valence-corrected chi connectivity index (χ2v) is 17.7. The molecule has 12 nitrogen and oxygen atoms in total. The van der Waals surface area contributed by atoms with Crippen LogP contribution in [0.2, 0.25) is 0 Å². The van der Waals surface area contributed by atoms with E-state index in [0.717, 1.165) is 18.4 Å². The van der Waals surface area contributed by atoms with Crippen molar-refractivity contribution in [3.63, 3.8) is 0 Å². The van der Waals surface area contributed by atoms with E-state index in [2.05, 4.69) is 6.92 Å². The molecule has 14 atom stereocenters. The topological polar surface area (TPSA) is 158 Å². The van der Waals surface area contributed by atoms with E-state index in [0.29, 0.717) is 44.1 Å². The van der Waals surface area contributed by atoms with Crippen LogP contribution in [-0.4, -0.2) is 120 Å². The lowest BCUT2D eigenvalue weighted by atomic mass is 9.82. The summed E-state index contributed by atoms with van der Waals surface area (Å²) in [4.78, 5) is 57.8. The lowest BCUT2D eigenvalue weighted by Crippen LogP contribution is -2.64. The molecule has 1 aliphatic carbocycles. The Morgan fingerprint density at radius 2 is 1.66 bits per heavy atom. The van der Waals surface area contributed by atoms with Crippen LogP contribution in [0.25, 0.3) is 0 Å². The number of fused-ring (bicyclic) bond motifs is 3. The first-order valence-corrected chi connectivity index (χ1v) is 21.2. The van der Waals surface area contributed by atoms with Gasteiger partial charge in [-0.05, 0) is 95.5 Å². The molecule has 1 amide bonds. The van der Waals surface area contributed by atoms with E-state index < -0.39 is 77.8 Å². The van der Waals surface area contributed by atoms with Crippen LogP contribution in [0.4, 0.5) is 0 Å². The summed E-state index contributed by atoms with van der Waals surface area (Å²) in [6.45, 7) is 11.3. The van der Waals surface area contributed by atoms with Gasteiger partial charge in [0.25, 0.3) is 11.7 Å². The highest BCUT2D eigenvalue weighted by atomic mass is 35.5. The number of carbonyl (C=O) groups excluding carboxylic acids is 4. The minimum Gasteiger partial charge on any atom is -0.460 e. The number of aliphatic hydroxyl groups excluding tert-OH is 1. The van der Waals surface area contributed by atoms with Gasteiger partial charge in [-0.25, -0.2) is 4.79 Å². The summed E-state index contributed by atoms with van der Waals surface area (Å²) < 4.78 is 29.7. The molecule has 1 unspecified atom stereocenters. The Morgan fingerprint density at radius 3 is 2.30 bits per heavy atom. The number of ether oxygens (including phenoxy) is 5. The third-order valence-electron chi connectivity index (χ3n) is 12.9. The first-order valence-electron chi connectivity index (χ1n) is 20.7. The normalized spacial score (nSPS) is 39.6. The molecule has 318 valence electrons. The number of hydrogen-bond donors (Lipinski definition) is 2. The maximum absolute atomic E-state index is 14.2. The molecular weight excluding hydrogens is 742 g/mol. The summed E-state index contributed by atoms with van der Waals surface area (Å²) in [7, 11) is 4.73. The maximum atomic E-state index is 14.2. The first-order chi connectivity index (χ1) is 26.5. The number of ketones is 2. The Balaban J connectivity index is 1.72. The SMILES string of the molecule is CC[C@@H]1/C=C(\C)C[C@H](C)C[C@H](OC)[C@H]2O[C@@](O)(C(=O)C(=O)N3CCCC[C@H]3C(=O)OC([C@@H](C)[C@H](O)/C(C)=C/[C@@H]3CC[C@H](Cl)[C@H](OC)C3)CC1=O)[C@H](C)C[C@@H]2OC. The zero-order valence-electron chi connectivity index (χ0n) is 35.0. The summed E-state index contributed by atoms with van der Waals surface area (Å²) in [6, 6.07) is -1.14. The smallest absolute Gasteiger partial charge is 0.329 e. The van der Waals surface area contributed by atoms with E-state index in [9.17, 15) is 29.4 Å². The number of esters is 1. The van der Waals surface area contributed by atoms with Crippen molar-refractivity contribution in [3.8, 4) is 0 Å². The number of rotatable bonds is 8. The summed E-state index contributed by atoms with van der Waals surface area (Å²) >= 11 is 6.47. The molecule has 2 saturated heterocycles. The molecule has 0 spiro atoms. The van der Waals surface area contributed by atoms with Crippen LogP contribution in [0.1, 0.15) is 112 Å². The number of methoxy groups -OCH3 is 3. The van der Waals surface area contributed by atoms with Crippen molar-refractivity contribution in [2.75, 3.05) is 27.9 Å². The molecule has 13 heteroatoms. The third-order valence-corrected chi connectivity index (χ3v) is 13.4. The predicted octanol–water partition coefficient (Wildman–Crippen LogP) is 5.72. The first kappa shape index (κ1) is 46.5. The fourth-order valence-corrected chi connectivity index (χ4v) is 9.66. The molecule has 0 aromatic heterocycles. The van der Waals surface area contributed by atoms with Gasteiger partial charge in [-0.1, -0.05) is 45.4 Å². The molecule has 0 aromatic carbocycles. The van der Waals surface area contributed by atoms with Crippen LogP contribution in [0.3, 0.4) is 0 Å². The lowest BCUT2D eigenvalue weighted by Gasteiger charge is -2.47. The third kappa shape index (κ3) is 10.9. The summed E-state index contributed by atoms with van der Waals surface area (Å²) in [6.07, 6.45) is 5.30. The number of halogens is 1. The van der Waals surface area contributed by atoms with Crippen LogP contribution in [0.5, 0.6) is 0 Å². The molecular formula is C43H68ClNO11. The van der Waals surface area contributed by atoms with Gasteiger partial charge in [-0.15, -0.1) is 11.6 Å². The summed E-state index contributed by atoms with van der Waals surface area (Å²) in [5.41, 5.74) is 1.70. The van der Waals surface area contributed by atoms with Gasteiger partial charge in [-0.2, -0.15) is 0 Å². The standard InChI is InChI=1S/C43H68ClNO11/c1-10-30-18-24(2)17-25(3)19-36(53-8)39-37(54-9)21-27(5)43(51,56-39)40(48)41(49)45-16-12-11-13-32(45)42(50)55-34(23-33(30)46)28(6)38(47)26(4)20-29-14-15-31(44)35(22-29)52-7/h18,20,25,27-32,34-39,47,51H,10-17,19,21-23H2,1-9H3/b24-18+,26-20+/t25-,27+,28+,29-,30+,31-,32-,34?,35+,36-,37-,38+,39+,43+/m0/s1. The van der Waals surface area contributed by atoms with Crippen molar-refractivity contribution < 1.29 is 53.1 Å². The van der Waals surface area contributed by atoms with Crippen molar-refractivity contribution >= 4 is 35.0 Å². The highest BCUT2D eigenvalue weighted by molar-refractivity contribution is 6.39. The number of alkyl halides is 1. The molecule has 3 fully saturated rings.